The van der Waals surface area contributed by atoms with Crippen molar-refractivity contribution in [3.63, 3.8) is 0 Å². The number of hydrogen-bond acceptors (Lipinski definition) is 7. The van der Waals surface area contributed by atoms with E-state index in [9.17, 15) is 0 Å². The smallest absolute Gasteiger partial charge is 0.225 e. The van der Waals surface area contributed by atoms with Crippen LogP contribution in [-0.4, -0.2) is 46.0 Å². The van der Waals surface area contributed by atoms with Crippen LogP contribution in [0.5, 0.6) is 0 Å². The highest BCUT2D eigenvalue weighted by Gasteiger charge is 2.23. The summed E-state index contributed by atoms with van der Waals surface area (Å²) in [6.07, 6.45) is 9.71. The zero-order valence-electron chi connectivity index (χ0n) is 16.1. The van der Waals surface area contributed by atoms with Crippen molar-refractivity contribution in [1.29, 1.82) is 0 Å². The Morgan fingerprint density at radius 2 is 1.96 bits per heavy atom. The van der Waals surface area contributed by atoms with Gasteiger partial charge in [-0.25, -0.2) is 15.0 Å². The molecule has 0 unspecified atom stereocenters. The van der Waals surface area contributed by atoms with E-state index in [-0.39, 0.29) is 0 Å². The predicted molar refractivity (Wildman–Crippen MR) is 114 cm³/mol. The number of hydrogen-bond donors (Lipinski definition) is 1. The molecule has 0 atom stereocenters. The molecule has 3 heterocycles. The third-order valence-electron chi connectivity index (χ3n) is 5.72. The number of aromatic nitrogens is 3. The molecule has 1 aromatic carbocycles. The van der Waals surface area contributed by atoms with E-state index >= 15 is 0 Å². The van der Waals surface area contributed by atoms with Crippen LogP contribution in [0.1, 0.15) is 25.7 Å². The Hall–Kier alpha value is -2.51. The second-order valence-electron chi connectivity index (χ2n) is 7.67. The summed E-state index contributed by atoms with van der Waals surface area (Å²) in [7, 11) is 4.35. The summed E-state index contributed by atoms with van der Waals surface area (Å²) in [6.45, 7) is 0. The lowest BCUT2D eigenvalue weighted by molar-refractivity contribution is 0.221. The Morgan fingerprint density at radius 3 is 2.71 bits per heavy atom. The van der Waals surface area contributed by atoms with Gasteiger partial charge in [0.2, 0.25) is 5.89 Å². The summed E-state index contributed by atoms with van der Waals surface area (Å²) in [4.78, 5) is 16.8. The largest absolute Gasteiger partial charge is 0.445 e. The minimum absolute atomic E-state index is 0.458. The highest BCUT2D eigenvalue weighted by Crippen LogP contribution is 2.38. The number of benzene rings is 1. The van der Waals surface area contributed by atoms with Gasteiger partial charge in [0.25, 0.3) is 0 Å². The molecule has 1 aliphatic rings. The molecule has 0 bridgehead atoms. The summed E-state index contributed by atoms with van der Waals surface area (Å²) in [5, 5.41) is 5.97. The van der Waals surface area contributed by atoms with E-state index < -0.39 is 0 Å². The zero-order chi connectivity index (χ0) is 19.1. The van der Waals surface area contributed by atoms with Gasteiger partial charge in [-0.05, 0) is 58.0 Å². The van der Waals surface area contributed by atoms with E-state index in [1.54, 1.807) is 30.1 Å². The van der Waals surface area contributed by atoms with Gasteiger partial charge in [-0.15, -0.1) is 11.3 Å². The lowest BCUT2D eigenvalue weighted by atomic mass is 9.90. The molecule has 4 aromatic rings. The summed E-state index contributed by atoms with van der Waals surface area (Å²) >= 11 is 1.70. The third-order valence-corrected chi connectivity index (χ3v) is 6.79. The van der Waals surface area contributed by atoms with Crippen LogP contribution < -0.4 is 5.32 Å². The Balaban J connectivity index is 1.50. The summed E-state index contributed by atoms with van der Waals surface area (Å²) in [6, 6.07) is 7.45. The molecular weight excluding hydrogens is 370 g/mol. The van der Waals surface area contributed by atoms with E-state index in [4.69, 9.17) is 4.42 Å². The SMILES string of the molecule is CN(C)C1CCC(Nc2ncnc3sc4ccc(-c5ncco5)cc4c23)CC1. The van der Waals surface area contributed by atoms with Gasteiger partial charge in [0.05, 0.1) is 11.6 Å². The Bertz CT molecular complexity index is 1100. The van der Waals surface area contributed by atoms with E-state index in [1.165, 1.54) is 17.5 Å². The molecule has 5 rings (SSSR count). The zero-order valence-corrected chi connectivity index (χ0v) is 16.9. The number of nitrogens with one attached hydrogen (secondary N) is 1. The van der Waals surface area contributed by atoms with E-state index in [2.05, 4.69) is 51.4 Å². The maximum Gasteiger partial charge on any atom is 0.225 e. The quantitative estimate of drug-likeness (QED) is 0.538. The standard InChI is InChI=1S/C21H23N5OS/c1-26(2)15-6-4-14(5-7-15)25-19-18-16-11-13(20-22-9-10-27-20)3-8-17(16)28-21(18)24-12-23-19/h3,8-12,14-15H,4-7H2,1-2H3,(H,23,24,25). The van der Waals surface area contributed by atoms with Crippen molar-refractivity contribution in [2.75, 3.05) is 19.4 Å². The molecule has 1 saturated carbocycles. The number of oxazole rings is 1. The summed E-state index contributed by atoms with van der Waals surface area (Å²) < 4.78 is 6.68. The van der Waals surface area contributed by atoms with Gasteiger partial charge in [0, 0.05) is 27.7 Å². The van der Waals surface area contributed by atoms with Crippen molar-refractivity contribution < 1.29 is 4.42 Å². The fourth-order valence-corrected chi connectivity index (χ4v) is 5.17. The van der Waals surface area contributed by atoms with Crippen molar-refractivity contribution >= 4 is 37.5 Å². The summed E-state index contributed by atoms with van der Waals surface area (Å²) in [5.74, 6) is 1.57. The molecule has 0 aliphatic heterocycles. The number of rotatable bonds is 4. The molecule has 0 spiro atoms. The van der Waals surface area contributed by atoms with Gasteiger partial charge in [0.15, 0.2) is 0 Å². The molecular formula is C21H23N5OS. The van der Waals surface area contributed by atoms with Crippen LogP contribution in [0.4, 0.5) is 5.82 Å². The molecule has 1 aliphatic carbocycles. The van der Waals surface area contributed by atoms with Gasteiger partial charge >= 0.3 is 0 Å². The van der Waals surface area contributed by atoms with E-state index in [1.807, 2.05) is 6.07 Å². The number of nitrogens with zero attached hydrogens (tertiary/aromatic N) is 4. The summed E-state index contributed by atoms with van der Waals surface area (Å²) in [5.41, 5.74) is 0.971. The van der Waals surface area contributed by atoms with Crippen LogP contribution in [0.25, 0.3) is 31.8 Å². The molecule has 28 heavy (non-hydrogen) atoms. The Morgan fingerprint density at radius 1 is 1.11 bits per heavy atom. The molecule has 7 heteroatoms. The molecule has 1 fully saturated rings. The lowest BCUT2D eigenvalue weighted by Gasteiger charge is -2.33. The van der Waals surface area contributed by atoms with Crippen molar-refractivity contribution in [2.45, 2.75) is 37.8 Å². The van der Waals surface area contributed by atoms with Crippen LogP contribution in [0.2, 0.25) is 0 Å². The topological polar surface area (TPSA) is 67.1 Å². The number of anilines is 1. The lowest BCUT2D eigenvalue weighted by Crippen LogP contribution is -2.36. The van der Waals surface area contributed by atoms with Gasteiger partial charge in [-0.3, -0.25) is 0 Å². The van der Waals surface area contributed by atoms with Gasteiger partial charge in [-0.2, -0.15) is 0 Å². The van der Waals surface area contributed by atoms with Crippen LogP contribution in [0.15, 0.2) is 41.4 Å². The average Bonchev–Trinajstić information content (AvgIpc) is 3.36. The maximum absolute atomic E-state index is 5.48. The Kier molecular flexibility index (Phi) is 4.49. The second kappa shape index (κ2) is 7.14. The first kappa shape index (κ1) is 17.6. The minimum Gasteiger partial charge on any atom is -0.445 e. The maximum atomic E-state index is 5.48. The van der Waals surface area contributed by atoms with E-state index in [0.717, 1.165) is 39.8 Å². The van der Waals surface area contributed by atoms with Crippen molar-refractivity contribution in [2.24, 2.45) is 0 Å². The molecule has 1 N–H and O–H groups in total. The van der Waals surface area contributed by atoms with Gasteiger partial charge < -0.3 is 14.6 Å². The second-order valence-corrected chi connectivity index (χ2v) is 8.70. The fraction of sp³-hybridized carbons (Fsp3) is 0.381. The highest BCUT2D eigenvalue weighted by atomic mass is 32.1. The predicted octanol–water partition coefficient (Wildman–Crippen LogP) is 4.78. The number of fused-ring (bicyclic) bond motifs is 3. The highest BCUT2D eigenvalue weighted by molar-refractivity contribution is 7.25. The first-order valence-electron chi connectivity index (χ1n) is 9.69. The fourth-order valence-electron chi connectivity index (χ4n) is 4.15. The third kappa shape index (κ3) is 3.14. The first-order chi connectivity index (χ1) is 13.7. The normalized spacial score (nSPS) is 20.2. The van der Waals surface area contributed by atoms with Crippen molar-refractivity contribution in [3.05, 3.63) is 37.0 Å². The van der Waals surface area contributed by atoms with Crippen LogP contribution in [0, 0.1) is 0 Å². The van der Waals surface area contributed by atoms with Crippen molar-refractivity contribution in [1.82, 2.24) is 19.9 Å². The van der Waals surface area contributed by atoms with E-state index in [0.29, 0.717) is 18.0 Å². The molecule has 0 saturated heterocycles. The van der Waals surface area contributed by atoms with Crippen molar-refractivity contribution in [3.8, 4) is 11.5 Å². The molecule has 0 radical (unpaired) electrons. The Labute approximate surface area is 167 Å². The average molecular weight is 394 g/mol. The van der Waals surface area contributed by atoms with Crippen LogP contribution >= 0.6 is 11.3 Å². The number of thiophene rings is 1. The minimum atomic E-state index is 0.458. The molecule has 0 amide bonds. The van der Waals surface area contributed by atoms with Crippen LogP contribution in [0.3, 0.4) is 0 Å². The van der Waals surface area contributed by atoms with Gasteiger partial charge in [0.1, 0.15) is 23.2 Å². The monoisotopic (exact) mass is 393 g/mol. The van der Waals surface area contributed by atoms with Crippen LogP contribution in [-0.2, 0) is 0 Å². The molecule has 144 valence electrons. The first-order valence-corrected chi connectivity index (χ1v) is 10.5. The molecule has 6 nitrogen and oxygen atoms in total. The molecule has 3 aromatic heterocycles. The van der Waals surface area contributed by atoms with Gasteiger partial charge in [-0.1, -0.05) is 0 Å².